The molecule has 2 heterocycles. The minimum absolute atomic E-state index is 0.418. The second-order valence-corrected chi connectivity index (χ2v) is 9.56. The number of rotatable bonds is 3. The van der Waals surface area contributed by atoms with Crippen molar-refractivity contribution in [3.8, 4) is 11.1 Å². The molecule has 0 aromatic heterocycles. The van der Waals surface area contributed by atoms with Crippen molar-refractivity contribution in [1.29, 1.82) is 0 Å². The summed E-state index contributed by atoms with van der Waals surface area (Å²) in [6.07, 6.45) is 5.78. The third-order valence-electron chi connectivity index (χ3n) is 6.41. The first kappa shape index (κ1) is 23.6. The predicted molar refractivity (Wildman–Crippen MR) is 134 cm³/mol. The molecular formula is C25H28Cl2N4O2. The van der Waals surface area contributed by atoms with Crippen LogP contribution in [0.3, 0.4) is 0 Å². The van der Waals surface area contributed by atoms with Crippen molar-refractivity contribution >= 4 is 41.0 Å². The maximum Gasteiger partial charge on any atom is 0.300 e. The zero-order valence-corrected chi connectivity index (χ0v) is 20.1. The van der Waals surface area contributed by atoms with E-state index >= 15 is 0 Å². The van der Waals surface area contributed by atoms with Gasteiger partial charge >= 0.3 is 0 Å². The van der Waals surface area contributed by atoms with Crippen LogP contribution in [0.1, 0.15) is 44.6 Å². The standard InChI is InChI=1S/C23H24Cl2N4.C2H4O2/c24-19-12-16(13-20(25)14-19)15-5-3-8-18(11-15)23(17-6-1-2-7-17)21-27-9-4-10-29(21)22(26)28-23;1-2(3)4/h3,5,8,11-14,17H,1-2,4,6-7,9-10H2,(H2,26,28);1H3,(H,3,4). The van der Waals surface area contributed by atoms with Crippen molar-refractivity contribution in [2.75, 3.05) is 13.1 Å². The van der Waals surface area contributed by atoms with Gasteiger partial charge in [0.05, 0.1) is 0 Å². The normalized spacial score (nSPS) is 22.2. The van der Waals surface area contributed by atoms with E-state index in [-0.39, 0.29) is 0 Å². The van der Waals surface area contributed by atoms with Crippen molar-refractivity contribution in [2.24, 2.45) is 21.6 Å². The van der Waals surface area contributed by atoms with E-state index in [1.165, 1.54) is 12.8 Å². The molecule has 174 valence electrons. The van der Waals surface area contributed by atoms with Crippen molar-refractivity contribution in [2.45, 2.75) is 44.6 Å². The van der Waals surface area contributed by atoms with Gasteiger partial charge < -0.3 is 10.8 Å². The summed E-state index contributed by atoms with van der Waals surface area (Å²) in [5, 5.41) is 8.68. The Bertz CT molecular complexity index is 1090. The summed E-state index contributed by atoms with van der Waals surface area (Å²) in [4.78, 5) is 21.2. The molecule has 1 unspecified atom stereocenters. The average Bonchev–Trinajstić information content (AvgIpc) is 3.41. The maximum atomic E-state index is 9.00. The Balaban J connectivity index is 0.000000601. The molecule has 8 heteroatoms. The van der Waals surface area contributed by atoms with E-state index in [0.29, 0.717) is 21.9 Å². The smallest absolute Gasteiger partial charge is 0.300 e. The van der Waals surface area contributed by atoms with Gasteiger partial charge in [-0.3, -0.25) is 14.7 Å². The number of amidine groups is 1. The van der Waals surface area contributed by atoms with Crippen LogP contribution in [0, 0.1) is 5.92 Å². The summed E-state index contributed by atoms with van der Waals surface area (Å²) in [5.74, 6) is 1.22. The van der Waals surface area contributed by atoms with Crippen LogP contribution in [0.4, 0.5) is 0 Å². The SMILES string of the molecule is CC(=O)O.NC1=NC(c2cccc(-c3cc(Cl)cc(Cl)c3)c2)(C2CCCC2)C2=NCCCN12. The first-order valence-electron chi connectivity index (χ1n) is 11.3. The third kappa shape index (κ3) is 4.73. The van der Waals surface area contributed by atoms with Crippen molar-refractivity contribution in [1.82, 2.24) is 4.90 Å². The molecule has 2 aromatic carbocycles. The molecule has 6 nitrogen and oxygen atoms in total. The minimum Gasteiger partial charge on any atom is -0.481 e. The lowest BCUT2D eigenvalue weighted by molar-refractivity contribution is -0.134. The van der Waals surface area contributed by atoms with E-state index in [9.17, 15) is 0 Å². The third-order valence-corrected chi connectivity index (χ3v) is 6.85. The predicted octanol–water partition coefficient (Wildman–Crippen LogP) is 5.57. The van der Waals surface area contributed by atoms with Crippen LogP contribution in [0.15, 0.2) is 52.4 Å². The van der Waals surface area contributed by atoms with E-state index < -0.39 is 11.5 Å². The maximum absolute atomic E-state index is 9.00. The van der Waals surface area contributed by atoms with Gasteiger partial charge in [0.25, 0.3) is 5.97 Å². The van der Waals surface area contributed by atoms with Crippen molar-refractivity contribution in [3.63, 3.8) is 0 Å². The number of guanidine groups is 1. The number of carboxylic acid groups (broad SMARTS) is 1. The Morgan fingerprint density at radius 2 is 1.76 bits per heavy atom. The lowest BCUT2D eigenvalue weighted by Gasteiger charge is -2.37. The van der Waals surface area contributed by atoms with Crippen LogP contribution in [-0.4, -0.2) is 40.9 Å². The highest BCUT2D eigenvalue weighted by atomic mass is 35.5. The molecular weight excluding hydrogens is 459 g/mol. The van der Waals surface area contributed by atoms with Gasteiger partial charge in [0.15, 0.2) is 5.96 Å². The summed E-state index contributed by atoms with van der Waals surface area (Å²) < 4.78 is 0. The number of carbonyl (C=O) groups is 1. The van der Waals surface area contributed by atoms with Crippen LogP contribution in [0.5, 0.6) is 0 Å². The van der Waals surface area contributed by atoms with Crippen LogP contribution >= 0.6 is 23.2 Å². The molecule has 1 saturated carbocycles. The Morgan fingerprint density at radius 3 is 2.42 bits per heavy atom. The summed E-state index contributed by atoms with van der Waals surface area (Å²) in [5.41, 5.74) is 9.17. The molecule has 0 amide bonds. The Morgan fingerprint density at radius 1 is 1.09 bits per heavy atom. The number of fused-ring (bicyclic) bond motifs is 1. The summed E-state index contributed by atoms with van der Waals surface area (Å²) in [7, 11) is 0. The van der Waals surface area contributed by atoms with E-state index in [1.54, 1.807) is 6.07 Å². The highest BCUT2D eigenvalue weighted by Gasteiger charge is 2.53. The topological polar surface area (TPSA) is 91.3 Å². The van der Waals surface area contributed by atoms with Gasteiger partial charge in [-0.25, -0.2) is 4.99 Å². The largest absolute Gasteiger partial charge is 0.481 e. The first-order valence-corrected chi connectivity index (χ1v) is 12.0. The number of carboxylic acids is 1. The molecule has 1 atom stereocenters. The molecule has 3 N–H and O–H groups in total. The second kappa shape index (κ2) is 9.74. The number of hydrogen-bond acceptors (Lipinski definition) is 5. The van der Waals surface area contributed by atoms with E-state index in [4.69, 9.17) is 48.8 Å². The molecule has 1 aliphatic carbocycles. The Hall–Kier alpha value is -2.57. The van der Waals surface area contributed by atoms with Gasteiger partial charge in [-0.1, -0.05) is 54.2 Å². The van der Waals surface area contributed by atoms with Gasteiger partial charge in [-0.05, 0) is 66.1 Å². The van der Waals surface area contributed by atoms with Gasteiger partial charge in [-0.2, -0.15) is 0 Å². The highest BCUT2D eigenvalue weighted by molar-refractivity contribution is 6.35. The van der Waals surface area contributed by atoms with Gasteiger partial charge in [0.1, 0.15) is 11.4 Å². The molecule has 0 bridgehead atoms. The summed E-state index contributed by atoms with van der Waals surface area (Å²) in [6, 6.07) is 14.2. The summed E-state index contributed by atoms with van der Waals surface area (Å²) >= 11 is 12.5. The molecule has 0 saturated heterocycles. The van der Waals surface area contributed by atoms with E-state index in [2.05, 4.69) is 29.2 Å². The second-order valence-electron chi connectivity index (χ2n) is 8.69. The number of nitrogens with two attached hydrogens (primary N) is 1. The summed E-state index contributed by atoms with van der Waals surface area (Å²) in [6.45, 7) is 2.82. The molecule has 0 radical (unpaired) electrons. The van der Waals surface area contributed by atoms with Crippen molar-refractivity contribution in [3.05, 3.63) is 58.1 Å². The lowest BCUT2D eigenvalue weighted by Crippen LogP contribution is -2.48. The average molecular weight is 487 g/mol. The van der Waals surface area contributed by atoms with Gasteiger partial charge in [0, 0.05) is 30.1 Å². The van der Waals surface area contributed by atoms with Gasteiger partial charge in [0.2, 0.25) is 0 Å². The number of aliphatic carboxylic acids is 1. The molecule has 1 fully saturated rings. The first-order chi connectivity index (χ1) is 15.8. The molecule has 0 spiro atoms. The fourth-order valence-electron chi connectivity index (χ4n) is 5.15. The molecule has 2 aromatic rings. The highest BCUT2D eigenvalue weighted by Crippen LogP contribution is 2.48. The van der Waals surface area contributed by atoms with Crippen LogP contribution < -0.4 is 5.73 Å². The molecule has 33 heavy (non-hydrogen) atoms. The Kier molecular flexibility index (Phi) is 6.96. The van der Waals surface area contributed by atoms with Crippen LogP contribution in [0.2, 0.25) is 10.0 Å². The minimum atomic E-state index is -0.833. The fraction of sp³-hybridized carbons (Fsp3) is 0.400. The number of aliphatic imine (C=N–C) groups is 2. The Labute approximate surface area is 204 Å². The molecule has 3 aliphatic rings. The fourth-order valence-corrected chi connectivity index (χ4v) is 5.67. The monoisotopic (exact) mass is 486 g/mol. The van der Waals surface area contributed by atoms with Crippen LogP contribution in [0.25, 0.3) is 11.1 Å². The van der Waals surface area contributed by atoms with Gasteiger partial charge in [-0.15, -0.1) is 0 Å². The number of nitrogens with zero attached hydrogens (tertiary/aromatic N) is 3. The van der Waals surface area contributed by atoms with Crippen molar-refractivity contribution < 1.29 is 9.90 Å². The number of benzene rings is 2. The molecule has 2 aliphatic heterocycles. The van der Waals surface area contributed by atoms with E-state index in [0.717, 1.165) is 61.8 Å². The van der Waals surface area contributed by atoms with E-state index in [1.807, 2.05) is 12.1 Å². The number of hydrogen-bond donors (Lipinski definition) is 2. The lowest BCUT2D eigenvalue weighted by atomic mass is 9.75. The number of halogens is 2. The van der Waals surface area contributed by atoms with Crippen LogP contribution in [-0.2, 0) is 10.3 Å². The quantitative estimate of drug-likeness (QED) is 0.592. The zero-order valence-electron chi connectivity index (χ0n) is 18.6. The zero-order chi connectivity index (χ0) is 23.6. The molecule has 5 rings (SSSR count).